The Kier molecular flexibility index (Phi) is 3.43. The maximum Gasteiger partial charge on any atom is 0.0435 e. The minimum Gasteiger partial charge on any atom is -0.330 e. The van der Waals surface area contributed by atoms with Gasteiger partial charge in [-0.25, -0.2) is 0 Å². The Bertz CT molecular complexity index is 253. The molecule has 0 saturated heterocycles. The number of nitrogens with two attached hydrogens (primary N) is 1. The molecule has 0 radical (unpaired) electrons. The number of aromatic nitrogens is 1. The number of rotatable bonds is 3. The molecule has 0 spiro atoms. The van der Waals surface area contributed by atoms with Crippen molar-refractivity contribution in [2.24, 2.45) is 11.7 Å². The van der Waals surface area contributed by atoms with Crippen molar-refractivity contribution in [1.29, 1.82) is 0 Å². The second-order valence-corrected chi connectivity index (χ2v) is 3.76. The van der Waals surface area contributed by atoms with Crippen molar-refractivity contribution in [2.75, 3.05) is 6.54 Å². The number of aryl methyl sites for hydroxylation is 1. The molecular formula is C11H18N2. The zero-order valence-electron chi connectivity index (χ0n) is 8.62. The summed E-state index contributed by atoms with van der Waals surface area (Å²) in [5, 5.41) is 0. The average molecular weight is 178 g/mol. The van der Waals surface area contributed by atoms with E-state index in [1.54, 1.807) is 0 Å². The van der Waals surface area contributed by atoms with Crippen LogP contribution in [0.5, 0.6) is 0 Å². The van der Waals surface area contributed by atoms with Crippen molar-refractivity contribution >= 4 is 0 Å². The van der Waals surface area contributed by atoms with E-state index in [0.29, 0.717) is 11.8 Å². The molecule has 0 aliphatic carbocycles. The van der Waals surface area contributed by atoms with Gasteiger partial charge >= 0.3 is 0 Å². The summed E-state index contributed by atoms with van der Waals surface area (Å²) in [7, 11) is 0. The van der Waals surface area contributed by atoms with Gasteiger partial charge in [0.2, 0.25) is 0 Å². The predicted molar refractivity (Wildman–Crippen MR) is 55.6 cm³/mol. The fourth-order valence-electron chi connectivity index (χ4n) is 1.24. The lowest BCUT2D eigenvalue weighted by Crippen LogP contribution is -2.17. The summed E-state index contributed by atoms with van der Waals surface area (Å²) in [6.45, 7) is 7.10. The van der Waals surface area contributed by atoms with Crippen LogP contribution in [0.25, 0.3) is 0 Å². The first-order chi connectivity index (χ1) is 6.15. The number of hydrogen-bond donors (Lipinski definition) is 1. The SMILES string of the molecule is Cc1ccc(C(C)[C@H](C)CN)nc1. The van der Waals surface area contributed by atoms with Crippen LogP contribution in [0.3, 0.4) is 0 Å². The summed E-state index contributed by atoms with van der Waals surface area (Å²) in [6, 6.07) is 4.19. The highest BCUT2D eigenvalue weighted by Crippen LogP contribution is 2.21. The average Bonchev–Trinajstić information content (AvgIpc) is 2.17. The maximum atomic E-state index is 5.61. The highest BCUT2D eigenvalue weighted by atomic mass is 14.7. The summed E-state index contributed by atoms with van der Waals surface area (Å²) in [5.41, 5.74) is 7.96. The zero-order chi connectivity index (χ0) is 9.84. The van der Waals surface area contributed by atoms with E-state index in [4.69, 9.17) is 5.73 Å². The van der Waals surface area contributed by atoms with Crippen molar-refractivity contribution in [3.05, 3.63) is 29.6 Å². The Morgan fingerprint density at radius 3 is 2.54 bits per heavy atom. The first-order valence-corrected chi connectivity index (χ1v) is 4.77. The molecule has 0 aromatic carbocycles. The third-order valence-corrected chi connectivity index (χ3v) is 2.63. The number of pyridine rings is 1. The molecule has 0 amide bonds. The minimum atomic E-state index is 0.450. The molecule has 2 heteroatoms. The van der Waals surface area contributed by atoms with Crippen molar-refractivity contribution in [3.63, 3.8) is 0 Å². The quantitative estimate of drug-likeness (QED) is 0.769. The lowest BCUT2D eigenvalue weighted by atomic mass is 9.92. The first-order valence-electron chi connectivity index (χ1n) is 4.77. The normalized spacial score (nSPS) is 15.4. The Balaban J connectivity index is 2.77. The molecule has 13 heavy (non-hydrogen) atoms. The minimum absolute atomic E-state index is 0.450. The molecule has 2 atom stereocenters. The van der Waals surface area contributed by atoms with Crippen LogP contribution < -0.4 is 5.73 Å². The summed E-state index contributed by atoms with van der Waals surface area (Å²) >= 11 is 0. The summed E-state index contributed by atoms with van der Waals surface area (Å²) in [6.07, 6.45) is 1.91. The van der Waals surface area contributed by atoms with Crippen LogP contribution in [0, 0.1) is 12.8 Å². The fraction of sp³-hybridized carbons (Fsp3) is 0.545. The highest BCUT2D eigenvalue weighted by Gasteiger charge is 2.13. The number of hydrogen-bond acceptors (Lipinski definition) is 2. The van der Waals surface area contributed by atoms with E-state index in [1.807, 2.05) is 13.1 Å². The molecule has 0 bridgehead atoms. The predicted octanol–water partition coefficient (Wildman–Crippen LogP) is 2.09. The van der Waals surface area contributed by atoms with E-state index in [0.717, 1.165) is 12.2 Å². The monoisotopic (exact) mass is 178 g/mol. The largest absolute Gasteiger partial charge is 0.330 e. The van der Waals surface area contributed by atoms with E-state index in [1.165, 1.54) is 5.56 Å². The standard InChI is InChI=1S/C11H18N2/c1-8-4-5-11(13-7-8)10(3)9(2)6-12/h4-5,7,9-10H,6,12H2,1-3H3/t9-,10?/m1/s1. The third-order valence-electron chi connectivity index (χ3n) is 2.63. The first kappa shape index (κ1) is 10.2. The van der Waals surface area contributed by atoms with Gasteiger partial charge in [0.15, 0.2) is 0 Å². The van der Waals surface area contributed by atoms with Gasteiger partial charge in [0.1, 0.15) is 0 Å². The van der Waals surface area contributed by atoms with Gasteiger partial charge in [-0.1, -0.05) is 19.9 Å². The van der Waals surface area contributed by atoms with Crippen molar-refractivity contribution in [2.45, 2.75) is 26.7 Å². The molecule has 2 N–H and O–H groups in total. The maximum absolute atomic E-state index is 5.61. The van der Waals surface area contributed by atoms with E-state index in [2.05, 4.69) is 31.0 Å². The zero-order valence-corrected chi connectivity index (χ0v) is 8.62. The Hall–Kier alpha value is -0.890. The molecule has 2 nitrogen and oxygen atoms in total. The van der Waals surface area contributed by atoms with Crippen molar-refractivity contribution in [1.82, 2.24) is 4.98 Å². The van der Waals surface area contributed by atoms with Crippen molar-refractivity contribution < 1.29 is 0 Å². The van der Waals surface area contributed by atoms with E-state index < -0.39 is 0 Å². The smallest absolute Gasteiger partial charge is 0.0435 e. The van der Waals surface area contributed by atoms with E-state index in [9.17, 15) is 0 Å². The number of nitrogens with zero attached hydrogens (tertiary/aromatic N) is 1. The van der Waals surface area contributed by atoms with Crippen LogP contribution in [-0.4, -0.2) is 11.5 Å². The van der Waals surface area contributed by atoms with Crippen LogP contribution in [0.2, 0.25) is 0 Å². The molecule has 0 aliphatic heterocycles. The molecule has 1 aromatic heterocycles. The van der Waals surface area contributed by atoms with Gasteiger partial charge in [-0.05, 0) is 31.0 Å². The van der Waals surface area contributed by atoms with Gasteiger partial charge in [0, 0.05) is 17.8 Å². The molecule has 72 valence electrons. The van der Waals surface area contributed by atoms with Crippen LogP contribution in [0.1, 0.15) is 31.0 Å². The second-order valence-electron chi connectivity index (χ2n) is 3.76. The summed E-state index contributed by atoms with van der Waals surface area (Å²) in [5.74, 6) is 0.945. The van der Waals surface area contributed by atoms with E-state index in [-0.39, 0.29) is 0 Å². The molecule has 0 aliphatic rings. The van der Waals surface area contributed by atoms with Crippen LogP contribution >= 0.6 is 0 Å². The van der Waals surface area contributed by atoms with Gasteiger partial charge in [-0.15, -0.1) is 0 Å². The van der Waals surface area contributed by atoms with Crippen LogP contribution in [0.15, 0.2) is 18.3 Å². The molecular weight excluding hydrogens is 160 g/mol. The molecule has 0 saturated carbocycles. The summed E-state index contributed by atoms with van der Waals surface area (Å²) < 4.78 is 0. The molecule has 1 unspecified atom stereocenters. The van der Waals surface area contributed by atoms with E-state index >= 15 is 0 Å². The lowest BCUT2D eigenvalue weighted by Gasteiger charge is -2.17. The van der Waals surface area contributed by atoms with Crippen molar-refractivity contribution in [3.8, 4) is 0 Å². The van der Waals surface area contributed by atoms with Gasteiger partial charge in [0.25, 0.3) is 0 Å². The fourth-order valence-corrected chi connectivity index (χ4v) is 1.24. The lowest BCUT2D eigenvalue weighted by molar-refractivity contribution is 0.489. The Morgan fingerprint density at radius 2 is 2.08 bits per heavy atom. The van der Waals surface area contributed by atoms with Gasteiger partial charge in [-0.3, -0.25) is 4.98 Å². The topological polar surface area (TPSA) is 38.9 Å². The second kappa shape index (κ2) is 4.38. The van der Waals surface area contributed by atoms with Crippen LogP contribution in [0.4, 0.5) is 0 Å². The summed E-state index contributed by atoms with van der Waals surface area (Å²) in [4.78, 5) is 4.39. The van der Waals surface area contributed by atoms with Gasteiger partial charge in [0.05, 0.1) is 0 Å². The molecule has 1 heterocycles. The molecule has 1 rings (SSSR count). The van der Waals surface area contributed by atoms with Gasteiger partial charge < -0.3 is 5.73 Å². The highest BCUT2D eigenvalue weighted by molar-refractivity contribution is 5.15. The van der Waals surface area contributed by atoms with Crippen LogP contribution in [-0.2, 0) is 0 Å². The Labute approximate surface area is 80.2 Å². The third kappa shape index (κ3) is 2.52. The molecule has 1 aromatic rings. The van der Waals surface area contributed by atoms with Gasteiger partial charge in [-0.2, -0.15) is 0 Å². The molecule has 0 fully saturated rings. The Morgan fingerprint density at radius 1 is 1.38 bits per heavy atom.